The van der Waals surface area contributed by atoms with Crippen LogP contribution < -0.4 is 21.0 Å². The molecule has 6 heavy (non-hydrogen) atoms. The maximum absolute atomic E-state index is 5.39. The van der Waals surface area contributed by atoms with E-state index in [1.54, 1.807) is 0 Å². The van der Waals surface area contributed by atoms with Crippen LogP contribution in [0.3, 0.4) is 0 Å². The van der Waals surface area contributed by atoms with Crippen LogP contribution in [-0.4, -0.2) is 7.63 Å². The molecule has 0 rings (SSSR count). The first-order valence-corrected chi connectivity index (χ1v) is 5.51. The zero-order valence-corrected chi connectivity index (χ0v) is 7.93. The summed E-state index contributed by atoms with van der Waals surface area (Å²) >= 11 is 2.42. The molecule has 0 aromatic rings. The maximum atomic E-state index is 5.39. The van der Waals surface area contributed by atoms with Crippen LogP contribution in [0.1, 0.15) is 13.3 Å². The Morgan fingerprint density at radius 1 is 2.00 bits per heavy atom. The van der Waals surface area contributed by atoms with Gasteiger partial charge in [-0.25, -0.2) is 0 Å². The van der Waals surface area contributed by atoms with Crippen molar-refractivity contribution >= 4 is 28.3 Å². The molecule has 0 spiro atoms. The molecule has 36 valence electrons. The SMILES string of the molecule is [B][I-]C(I)CC. The van der Waals surface area contributed by atoms with Gasteiger partial charge in [-0.15, -0.1) is 0 Å². The average molecular weight is 307 g/mol. The van der Waals surface area contributed by atoms with E-state index >= 15 is 0 Å². The van der Waals surface area contributed by atoms with Crippen LogP contribution in [0.5, 0.6) is 0 Å². The molecular formula is C3H6BI2-. The fraction of sp³-hybridized carbons (Fsp3) is 1.00. The molecule has 0 fully saturated rings. The van der Waals surface area contributed by atoms with Gasteiger partial charge in [-0.2, -0.15) is 0 Å². The van der Waals surface area contributed by atoms with Gasteiger partial charge < -0.3 is 0 Å². The van der Waals surface area contributed by atoms with Gasteiger partial charge in [0.15, 0.2) is 0 Å². The third-order valence-corrected chi connectivity index (χ3v) is 4.81. The number of halogens is 2. The molecule has 0 heterocycles. The summed E-state index contributed by atoms with van der Waals surface area (Å²) in [4.78, 5) is 0. The molecule has 0 saturated heterocycles. The van der Waals surface area contributed by atoms with Crippen LogP contribution in [-0.2, 0) is 0 Å². The Balaban J connectivity index is 2.75. The van der Waals surface area contributed by atoms with Gasteiger partial charge in [-0.3, -0.25) is 0 Å². The molecule has 0 aliphatic rings. The normalized spacial score (nSPS) is 15.0. The van der Waals surface area contributed by atoms with E-state index in [1.165, 1.54) is 6.42 Å². The monoisotopic (exact) mass is 307 g/mol. The Hall–Kier alpha value is 1.52. The molecule has 0 saturated carbocycles. The minimum atomic E-state index is 0.0313. The number of rotatable bonds is 2. The van der Waals surface area contributed by atoms with Crippen molar-refractivity contribution in [3.63, 3.8) is 0 Å². The van der Waals surface area contributed by atoms with Gasteiger partial charge in [0.25, 0.3) is 0 Å². The van der Waals surface area contributed by atoms with Gasteiger partial charge in [0, 0.05) is 0 Å². The second-order valence-corrected chi connectivity index (χ2v) is 7.04. The molecule has 0 bridgehead atoms. The van der Waals surface area contributed by atoms with Crippen molar-refractivity contribution < 1.29 is 21.0 Å². The summed E-state index contributed by atoms with van der Waals surface area (Å²) in [5.41, 5.74) is 5.39. The summed E-state index contributed by atoms with van der Waals surface area (Å²) in [5, 5.41) is 0. The van der Waals surface area contributed by atoms with Gasteiger partial charge in [-0.05, 0) is 0 Å². The Bertz CT molecular complexity index is 28.0. The molecule has 0 aromatic carbocycles. The molecule has 2 radical (unpaired) electrons. The Kier molecular flexibility index (Phi) is 5.87. The van der Waals surface area contributed by atoms with Crippen molar-refractivity contribution in [2.45, 2.75) is 15.3 Å². The molecule has 0 nitrogen and oxygen atoms in total. The van der Waals surface area contributed by atoms with Crippen molar-refractivity contribution in [1.82, 2.24) is 0 Å². The van der Waals surface area contributed by atoms with Gasteiger partial charge in [0.05, 0.1) is 0 Å². The molecule has 3 heteroatoms. The quantitative estimate of drug-likeness (QED) is 0.325. The van der Waals surface area contributed by atoms with Gasteiger partial charge in [0.2, 0.25) is 0 Å². The second kappa shape index (κ2) is 4.68. The Morgan fingerprint density at radius 3 is 2.50 bits per heavy atom. The van der Waals surface area contributed by atoms with Crippen molar-refractivity contribution in [3.05, 3.63) is 0 Å². The van der Waals surface area contributed by atoms with E-state index in [0.29, 0.717) is 0 Å². The van der Waals surface area contributed by atoms with Gasteiger partial charge in [0.1, 0.15) is 0 Å². The van der Waals surface area contributed by atoms with Crippen LogP contribution >= 0.6 is 22.6 Å². The predicted molar refractivity (Wildman–Crippen MR) is 33.9 cm³/mol. The number of hydrogen-bond donors (Lipinski definition) is 0. The summed E-state index contributed by atoms with van der Waals surface area (Å²) < 4.78 is 0.793. The summed E-state index contributed by atoms with van der Waals surface area (Å²) in [5.74, 6) is 0. The number of alkyl halides is 2. The van der Waals surface area contributed by atoms with Crippen molar-refractivity contribution in [2.24, 2.45) is 0 Å². The first-order valence-electron chi connectivity index (χ1n) is 1.77. The molecule has 1 unspecified atom stereocenters. The zero-order chi connectivity index (χ0) is 4.99. The van der Waals surface area contributed by atoms with E-state index in [4.69, 9.17) is 5.70 Å². The molecule has 0 amide bonds. The van der Waals surface area contributed by atoms with E-state index in [-0.39, 0.29) is 21.0 Å². The van der Waals surface area contributed by atoms with Crippen LogP contribution in [0.15, 0.2) is 0 Å². The van der Waals surface area contributed by atoms with Crippen LogP contribution in [0, 0.1) is 0 Å². The third kappa shape index (κ3) is 3.71. The van der Waals surface area contributed by atoms with E-state index in [9.17, 15) is 0 Å². The Labute approximate surface area is 64.0 Å². The number of hydrogen-bond acceptors (Lipinski definition) is 0. The first-order chi connectivity index (χ1) is 2.81. The summed E-state index contributed by atoms with van der Waals surface area (Å²) in [6.07, 6.45) is 1.24. The summed E-state index contributed by atoms with van der Waals surface area (Å²) in [6.45, 7) is 2.17. The molecule has 0 aliphatic carbocycles. The van der Waals surface area contributed by atoms with Crippen LogP contribution in [0.25, 0.3) is 0 Å². The Morgan fingerprint density at radius 2 is 2.50 bits per heavy atom. The topological polar surface area (TPSA) is 0 Å². The molecule has 0 N–H and O–H groups in total. The minimum absolute atomic E-state index is 0.0313. The standard InChI is InChI=1S/C3H6BI2/c1-2-3(5)6-4/h3H,2H2,1H3/q-1. The fourth-order valence-corrected chi connectivity index (χ4v) is 0.598. The molecule has 0 aliphatic heterocycles. The van der Waals surface area contributed by atoms with Crippen molar-refractivity contribution in [2.75, 3.05) is 0 Å². The summed E-state index contributed by atoms with van der Waals surface area (Å²) in [7, 11) is 0. The van der Waals surface area contributed by atoms with E-state index in [2.05, 4.69) is 29.5 Å². The van der Waals surface area contributed by atoms with Crippen molar-refractivity contribution in [1.29, 1.82) is 0 Å². The predicted octanol–water partition coefficient (Wildman–Crippen LogP) is -1.67. The second-order valence-electron chi connectivity index (χ2n) is 0.925. The zero-order valence-electron chi connectivity index (χ0n) is 3.62. The van der Waals surface area contributed by atoms with Gasteiger partial charge >= 0.3 is 64.6 Å². The van der Waals surface area contributed by atoms with E-state index in [1.807, 2.05) is 0 Å². The van der Waals surface area contributed by atoms with Crippen LogP contribution in [0.4, 0.5) is 0 Å². The molecular weight excluding hydrogens is 301 g/mol. The third-order valence-electron chi connectivity index (χ3n) is 0.445. The van der Waals surface area contributed by atoms with Crippen molar-refractivity contribution in [3.8, 4) is 0 Å². The van der Waals surface area contributed by atoms with Crippen LogP contribution in [0.2, 0.25) is 0 Å². The van der Waals surface area contributed by atoms with E-state index < -0.39 is 0 Å². The first kappa shape index (κ1) is 7.52. The average Bonchev–Trinajstić information content (AvgIpc) is 1.65. The molecule has 0 aromatic heterocycles. The van der Waals surface area contributed by atoms with Gasteiger partial charge in [-0.1, -0.05) is 0 Å². The molecule has 1 atom stereocenters. The fourth-order valence-electron chi connectivity index (χ4n) is 0.0891. The van der Waals surface area contributed by atoms with E-state index in [0.717, 1.165) is 1.93 Å². The summed E-state index contributed by atoms with van der Waals surface area (Å²) in [6, 6.07) is 0.